The SMILES string of the molecule is O=c1[nH]nc(-c2ccc(Cl)cc2)cc1-c1ccccc1. The Kier molecular flexibility index (Phi) is 3.35. The first-order valence-electron chi connectivity index (χ1n) is 6.15. The van der Waals surface area contributed by atoms with Crippen molar-refractivity contribution in [2.45, 2.75) is 0 Å². The summed E-state index contributed by atoms with van der Waals surface area (Å²) in [5.74, 6) is 0. The third-order valence-electron chi connectivity index (χ3n) is 3.03. The second-order valence-corrected chi connectivity index (χ2v) is 4.81. The number of benzene rings is 2. The summed E-state index contributed by atoms with van der Waals surface area (Å²) in [6.07, 6.45) is 0. The minimum absolute atomic E-state index is 0.200. The lowest BCUT2D eigenvalue weighted by Crippen LogP contribution is -2.11. The van der Waals surface area contributed by atoms with Crippen molar-refractivity contribution in [3.63, 3.8) is 0 Å². The fourth-order valence-corrected chi connectivity index (χ4v) is 2.13. The minimum Gasteiger partial charge on any atom is -0.267 e. The summed E-state index contributed by atoms with van der Waals surface area (Å²) >= 11 is 5.87. The van der Waals surface area contributed by atoms with E-state index in [2.05, 4.69) is 10.2 Å². The highest BCUT2D eigenvalue weighted by Crippen LogP contribution is 2.22. The van der Waals surface area contributed by atoms with Crippen LogP contribution in [0.3, 0.4) is 0 Å². The van der Waals surface area contributed by atoms with Crippen molar-refractivity contribution in [3.8, 4) is 22.4 Å². The third kappa shape index (κ3) is 2.49. The summed E-state index contributed by atoms with van der Waals surface area (Å²) in [4.78, 5) is 11.9. The van der Waals surface area contributed by atoms with E-state index < -0.39 is 0 Å². The first-order chi connectivity index (χ1) is 9.74. The number of hydrogen-bond donors (Lipinski definition) is 1. The maximum absolute atomic E-state index is 11.9. The van der Waals surface area contributed by atoms with Crippen LogP contribution in [0.1, 0.15) is 0 Å². The van der Waals surface area contributed by atoms with Gasteiger partial charge >= 0.3 is 0 Å². The average molecular weight is 283 g/mol. The highest BCUT2D eigenvalue weighted by atomic mass is 35.5. The molecule has 20 heavy (non-hydrogen) atoms. The molecule has 1 N–H and O–H groups in total. The number of nitrogens with one attached hydrogen (secondary N) is 1. The molecule has 0 saturated heterocycles. The molecule has 1 aromatic heterocycles. The molecule has 0 bridgehead atoms. The van der Waals surface area contributed by atoms with Crippen LogP contribution in [0.5, 0.6) is 0 Å². The molecule has 0 saturated carbocycles. The van der Waals surface area contributed by atoms with E-state index in [1.807, 2.05) is 42.5 Å². The Morgan fingerprint density at radius 3 is 2.30 bits per heavy atom. The standard InChI is InChI=1S/C16H11ClN2O/c17-13-8-6-12(7-9-13)15-10-14(16(20)19-18-15)11-4-2-1-3-5-11/h1-10H,(H,19,20). The van der Waals surface area contributed by atoms with E-state index in [1.165, 1.54) is 0 Å². The summed E-state index contributed by atoms with van der Waals surface area (Å²) in [5.41, 5.74) is 2.88. The largest absolute Gasteiger partial charge is 0.272 e. The zero-order valence-electron chi connectivity index (χ0n) is 10.5. The summed E-state index contributed by atoms with van der Waals surface area (Å²) in [7, 11) is 0. The van der Waals surface area contributed by atoms with Gasteiger partial charge < -0.3 is 0 Å². The lowest BCUT2D eigenvalue weighted by molar-refractivity contribution is 0.998. The molecule has 0 unspecified atom stereocenters. The van der Waals surface area contributed by atoms with E-state index in [4.69, 9.17) is 11.6 Å². The fraction of sp³-hybridized carbons (Fsp3) is 0. The van der Waals surface area contributed by atoms with Crippen LogP contribution in [-0.4, -0.2) is 10.2 Å². The molecule has 3 rings (SSSR count). The van der Waals surface area contributed by atoms with Crippen molar-refractivity contribution in [1.82, 2.24) is 10.2 Å². The van der Waals surface area contributed by atoms with Crippen molar-refractivity contribution in [2.24, 2.45) is 0 Å². The molecule has 0 aliphatic heterocycles. The van der Waals surface area contributed by atoms with Crippen LogP contribution in [0.2, 0.25) is 5.02 Å². The average Bonchev–Trinajstić information content (AvgIpc) is 2.50. The van der Waals surface area contributed by atoms with Crippen LogP contribution >= 0.6 is 11.6 Å². The van der Waals surface area contributed by atoms with E-state index in [9.17, 15) is 4.79 Å². The number of rotatable bonds is 2. The number of aromatic amines is 1. The van der Waals surface area contributed by atoms with Crippen molar-refractivity contribution in [1.29, 1.82) is 0 Å². The van der Waals surface area contributed by atoms with Crippen LogP contribution in [-0.2, 0) is 0 Å². The van der Waals surface area contributed by atoms with Gasteiger partial charge in [0.1, 0.15) is 0 Å². The molecule has 0 fully saturated rings. The van der Waals surface area contributed by atoms with Crippen LogP contribution < -0.4 is 5.56 Å². The zero-order valence-corrected chi connectivity index (χ0v) is 11.3. The third-order valence-corrected chi connectivity index (χ3v) is 3.28. The summed E-state index contributed by atoms with van der Waals surface area (Å²) in [6.45, 7) is 0. The van der Waals surface area contributed by atoms with Gasteiger partial charge in [-0.2, -0.15) is 5.10 Å². The highest BCUT2D eigenvalue weighted by Gasteiger charge is 2.07. The van der Waals surface area contributed by atoms with E-state index in [0.29, 0.717) is 16.3 Å². The molecule has 0 amide bonds. The number of aromatic nitrogens is 2. The topological polar surface area (TPSA) is 45.8 Å². The second kappa shape index (κ2) is 5.31. The fourth-order valence-electron chi connectivity index (χ4n) is 2.01. The molecule has 3 aromatic rings. The van der Waals surface area contributed by atoms with Crippen LogP contribution in [0.4, 0.5) is 0 Å². The molecule has 4 heteroatoms. The Morgan fingerprint density at radius 2 is 1.60 bits per heavy atom. The summed E-state index contributed by atoms with van der Waals surface area (Å²) in [6, 6.07) is 18.6. The molecule has 0 atom stereocenters. The Morgan fingerprint density at radius 1 is 0.900 bits per heavy atom. The smallest absolute Gasteiger partial charge is 0.267 e. The molecular formula is C16H11ClN2O. The van der Waals surface area contributed by atoms with E-state index in [0.717, 1.165) is 11.1 Å². The predicted molar refractivity (Wildman–Crippen MR) is 80.7 cm³/mol. The van der Waals surface area contributed by atoms with Crippen molar-refractivity contribution >= 4 is 11.6 Å². The first kappa shape index (κ1) is 12.6. The van der Waals surface area contributed by atoms with Gasteiger partial charge in [-0.25, -0.2) is 5.10 Å². The van der Waals surface area contributed by atoms with Gasteiger partial charge in [0.15, 0.2) is 0 Å². The maximum Gasteiger partial charge on any atom is 0.272 e. The highest BCUT2D eigenvalue weighted by molar-refractivity contribution is 6.30. The van der Waals surface area contributed by atoms with Crippen LogP contribution in [0.25, 0.3) is 22.4 Å². The summed E-state index contributed by atoms with van der Waals surface area (Å²) < 4.78 is 0. The Balaban J connectivity index is 2.12. The second-order valence-electron chi connectivity index (χ2n) is 4.37. The van der Waals surface area contributed by atoms with Crippen molar-refractivity contribution in [3.05, 3.63) is 76.0 Å². The van der Waals surface area contributed by atoms with Gasteiger partial charge in [0.2, 0.25) is 0 Å². The minimum atomic E-state index is -0.200. The Labute approximate surface area is 120 Å². The van der Waals surface area contributed by atoms with E-state index in [-0.39, 0.29) is 5.56 Å². The molecule has 0 aliphatic rings. The quantitative estimate of drug-likeness (QED) is 0.778. The Bertz CT molecular complexity index is 780. The monoisotopic (exact) mass is 282 g/mol. The van der Waals surface area contributed by atoms with Crippen molar-refractivity contribution < 1.29 is 0 Å². The molecule has 0 radical (unpaired) electrons. The lowest BCUT2D eigenvalue weighted by atomic mass is 10.1. The van der Waals surface area contributed by atoms with Gasteiger partial charge in [-0.15, -0.1) is 0 Å². The first-order valence-corrected chi connectivity index (χ1v) is 6.53. The van der Waals surface area contributed by atoms with Crippen LogP contribution in [0.15, 0.2) is 65.5 Å². The zero-order chi connectivity index (χ0) is 13.9. The van der Waals surface area contributed by atoms with Gasteiger partial charge in [0, 0.05) is 10.6 Å². The van der Waals surface area contributed by atoms with Gasteiger partial charge in [0.05, 0.1) is 11.3 Å². The number of hydrogen-bond acceptors (Lipinski definition) is 2. The molecule has 0 aliphatic carbocycles. The number of H-pyrrole nitrogens is 1. The molecule has 2 aromatic carbocycles. The summed E-state index contributed by atoms with van der Waals surface area (Å²) in [5, 5.41) is 7.29. The van der Waals surface area contributed by atoms with Crippen LogP contribution in [0, 0.1) is 0 Å². The van der Waals surface area contributed by atoms with E-state index >= 15 is 0 Å². The number of nitrogens with zero attached hydrogens (tertiary/aromatic N) is 1. The molecule has 3 nitrogen and oxygen atoms in total. The van der Waals surface area contributed by atoms with Crippen molar-refractivity contribution in [2.75, 3.05) is 0 Å². The van der Waals surface area contributed by atoms with Gasteiger partial charge in [-0.05, 0) is 23.8 Å². The molecule has 1 heterocycles. The Hall–Kier alpha value is -2.39. The molecule has 0 spiro atoms. The number of halogens is 1. The van der Waals surface area contributed by atoms with E-state index in [1.54, 1.807) is 18.2 Å². The van der Waals surface area contributed by atoms with Gasteiger partial charge in [-0.1, -0.05) is 54.1 Å². The molecular weight excluding hydrogens is 272 g/mol. The van der Waals surface area contributed by atoms with Gasteiger partial charge in [-0.3, -0.25) is 4.79 Å². The lowest BCUT2D eigenvalue weighted by Gasteiger charge is -2.04. The predicted octanol–water partition coefficient (Wildman–Crippen LogP) is 3.76. The van der Waals surface area contributed by atoms with Gasteiger partial charge in [0.25, 0.3) is 5.56 Å². The normalized spacial score (nSPS) is 10.4. The molecule has 98 valence electrons. The maximum atomic E-state index is 11.9.